The lowest BCUT2D eigenvalue weighted by molar-refractivity contribution is 0.423. The molecule has 5 nitrogen and oxygen atoms in total. The van der Waals surface area contributed by atoms with Crippen LogP contribution in [0.4, 0.5) is 0 Å². The molecule has 2 heterocycles. The van der Waals surface area contributed by atoms with E-state index < -0.39 is 0 Å². The molecule has 0 aliphatic rings. The lowest BCUT2D eigenvalue weighted by Crippen LogP contribution is -2.24. The van der Waals surface area contributed by atoms with E-state index in [4.69, 9.17) is 11.6 Å². The zero-order chi connectivity index (χ0) is 23.4. The minimum Gasteiger partial charge on any atom is -0.507 e. The van der Waals surface area contributed by atoms with Gasteiger partial charge in [0.25, 0.3) is 5.56 Å². The first kappa shape index (κ1) is 22.5. The quantitative estimate of drug-likeness (QED) is 0.433. The van der Waals surface area contributed by atoms with E-state index in [2.05, 4.69) is 51.6 Å². The van der Waals surface area contributed by atoms with Crippen molar-refractivity contribution in [2.75, 3.05) is 0 Å². The van der Waals surface area contributed by atoms with Gasteiger partial charge in [0.2, 0.25) is 4.96 Å². The fourth-order valence-corrected chi connectivity index (χ4v) is 4.72. The van der Waals surface area contributed by atoms with Gasteiger partial charge in [0, 0.05) is 21.7 Å². The summed E-state index contributed by atoms with van der Waals surface area (Å²) < 4.78 is 1.88. The molecule has 32 heavy (non-hydrogen) atoms. The zero-order valence-corrected chi connectivity index (χ0v) is 20.6. The van der Waals surface area contributed by atoms with Crippen molar-refractivity contribution < 1.29 is 5.11 Å². The van der Waals surface area contributed by atoms with Gasteiger partial charge in [-0.05, 0) is 46.7 Å². The first-order valence-corrected chi connectivity index (χ1v) is 11.6. The number of halogens is 1. The van der Waals surface area contributed by atoms with Gasteiger partial charge in [0.15, 0.2) is 5.82 Å². The normalized spacial score (nSPS) is 13.3. The number of hydrogen-bond donors (Lipinski definition) is 1. The Bertz CT molecular complexity index is 1400. The van der Waals surface area contributed by atoms with Crippen molar-refractivity contribution in [2.24, 2.45) is 0 Å². The molecule has 2 aromatic heterocycles. The van der Waals surface area contributed by atoms with E-state index in [0.29, 0.717) is 26.1 Å². The fourth-order valence-electron chi connectivity index (χ4n) is 3.62. The Morgan fingerprint density at radius 1 is 1.03 bits per heavy atom. The Balaban J connectivity index is 1.87. The summed E-state index contributed by atoms with van der Waals surface area (Å²) in [5.41, 5.74) is 2.64. The minimum absolute atomic E-state index is 0.214. The second-order valence-electron chi connectivity index (χ2n) is 10.0. The molecule has 0 saturated heterocycles. The number of benzene rings is 2. The summed E-state index contributed by atoms with van der Waals surface area (Å²) in [6.45, 7) is 12.4. The number of nitrogens with zero attached hydrogens (tertiary/aromatic N) is 3. The number of aromatic nitrogens is 3. The van der Waals surface area contributed by atoms with Crippen LogP contribution >= 0.6 is 22.9 Å². The van der Waals surface area contributed by atoms with Gasteiger partial charge >= 0.3 is 0 Å². The average molecular weight is 468 g/mol. The van der Waals surface area contributed by atoms with Crippen molar-refractivity contribution in [3.05, 3.63) is 73.0 Å². The fraction of sp³-hybridized carbons (Fsp3) is 0.320. The number of thiazole rings is 1. The topological polar surface area (TPSA) is 67.5 Å². The van der Waals surface area contributed by atoms with Crippen LogP contribution in [0.3, 0.4) is 0 Å². The third kappa shape index (κ3) is 4.17. The van der Waals surface area contributed by atoms with Crippen LogP contribution in [-0.2, 0) is 10.8 Å². The molecular formula is C25H26ClN3O2S. The van der Waals surface area contributed by atoms with Crippen LogP contribution in [-0.4, -0.2) is 19.7 Å². The second kappa shape index (κ2) is 7.71. The number of phenols is 1. The molecule has 4 aromatic rings. The lowest BCUT2D eigenvalue weighted by Gasteiger charge is -2.27. The molecule has 0 bridgehead atoms. The molecule has 0 saturated carbocycles. The Kier molecular flexibility index (Phi) is 5.42. The predicted octanol–water partition coefficient (Wildman–Crippen LogP) is 5.32. The summed E-state index contributed by atoms with van der Waals surface area (Å²) >= 11 is 7.37. The molecule has 166 valence electrons. The van der Waals surface area contributed by atoms with Gasteiger partial charge in [-0.15, -0.1) is 5.10 Å². The molecule has 0 atom stereocenters. The molecule has 0 aliphatic carbocycles. The van der Waals surface area contributed by atoms with Crippen molar-refractivity contribution in [1.82, 2.24) is 14.6 Å². The molecular weight excluding hydrogens is 442 g/mol. The van der Waals surface area contributed by atoms with Gasteiger partial charge in [-0.1, -0.05) is 76.6 Å². The molecule has 0 fully saturated rings. The first-order chi connectivity index (χ1) is 14.8. The maximum absolute atomic E-state index is 13.0. The molecule has 0 amide bonds. The van der Waals surface area contributed by atoms with Crippen LogP contribution in [0, 0.1) is 0 Å². The Labute approximate surface area is 196 Å². The van der Waals surface area contributed by atoms with Gasteiger partial charge in [-0.3, -0.25) is 4.79 Å². The van der Waals surface area contributed by atoms with Crippen molar-refractivity contribution in [1.29, 1.82) is 0 Å². The minimum atomic E-state index is -0.244. The molecule has 1 N–H and O–H groups in total. The Morgan fingerprint density at radius 2 is 1.66 bits per heavy atom. The van der Waals surface area contributed by atoms with E-state index >= 15 is 0 Å². The van der Waals surface area contributed by atoms with Crippen LogP contribution in [0.1, 0.15) is 58.2 Å². The highest BCUT2D eigenvalue weighted by Crippen LogP contribution is 2.39. The maximum Gasteiger partial charge on any atom is 0.291 e. The largest absolute Gasteiger partial charge is 0.507 e. The van der Waals surface area contributed by atoms with Crippen LogP contribution in [0.2, 0.25) is 5.02 Å². The summed E-state index contributed by atoms with van der Waals surface area (Å²) in [5, 5.41) is 15.9. The van der Waals surface area contributed by atoms with Crippen molar-refractivity contribution in [3.8, 4) is 17.1 Å². The van der Waals surface area contributed by atoms with E-state index in [1.807, 2.05) is 30.3 Å². The van der Waals surface area contributed by atoms with Gasteiger partial charge in [0.05, 0.1) is 4.53 Å². The summed E-state index contributed by atoms with van der Waals surface area (Å²) in [4.78, 5) is 18.1. The SMILES string of the molecule is CC(C)(C)c1cc(C=c2sc3nc(-c4cccc(Cl)c4)nn3c2=O)cc(C(C)(C)C)c1O. The number of hydrogen-bond acceptors (Lipinski definition) is 5. The highest BCUT2D eigenvalue weighted by Gasteiger charge is 2.26. The summed E-state index contributed by atoms with van der Waals surface area (Å²) in [6, 6.07) is 11.2. The van der Waals surface area contributed by atoms with Gasteiger partial charge in [-0.25, -0.2) is 0 Å². The highest BCUT2D eigenvalue weighted by atomic mass is 35.5. The molecule has 0 radical (unpaired) electrons. The molecule has 0 unspecified atom stereocenters. The zero-order valence-electron chi connectivity index (χ0n) is 19.0. The van der Waals surface area contributed by atoms with E-state index in [1.54, 1.807) is 12.1 Å². The van der Waals surface area contributed by atoms with Crippen LogP contribution in [0.25, 0.3) is 22.4 Å². The van der Waals surface area contributed by atoms with Gasteiger partial charge < -0.3 is 5.11 Å². The number of aromatic hydroxyl groups is 1. The summed E-state index contributed by atoms with van der Waals surface area (Å²) in [5.74, 6) is 0.787. The van der Waals surface area contributed by atoms with E-state index in [-0.39, 0.29) is 16.4 Å². The highest BCUT2D eigenvalue weighted by molar-refractivity contribution is 7.15. The molecule has 7 heteroatoms. The number of rotatable bonds is 2. The standard InChI is InChI=1S/C25H26ClN3O2S/c1-24(2,3)17-10-14(11-18(20(17)30)25(4,5)6)12-19-22(31)29-23(32-19)27-21(28-29)15-8-7-9-16(26)13-15/h7-13,30H,1-6H3. The monoisotopic (exact) mass is 467 g/mol. The Morgan fingerprint density at radius 3 is 2.19 bits per heavy atom. The molecule has 0 spiro atoms. The Hall–Kier alpha value is -2.70. The second-order valence-corrected chi connectivity index (χ2v) is 11.5. The summed E-state index contributed by atoms with van der Waals surface area (Å²) in [6.07, 6.45) is 1.85. The van der Waals surface area contributed by atoms with Gasteiger partial charge in [-0.2, -0.15) is 9.50 Å². The first-order valence-electron chi connectivity index (χ1n) is 10.4. The maximum atomic E-state index is 13.0. The average Bonchev–Trinajstić information content (AvgIpc) is 3.21. The number of phenolic OH excluding ortho intramolecular Hbond substituents is 1. The van der Waals surface area contributed by atoms with Gasteiger partial charge in [0.1, 0.15) is 5.75 Å². The van der Waals surface area contributed by atoms with Crippen LogP contribution in [0.15, 0.2) is 41.2 Å². The molecule has 4 rings (SSSR count). The van der Waals surface area contributed by atoms with Crippen molar-refractivity contribution in [2.45, 2.75) is 52.4 Å². The third-order valence-corrected chi connectivity index (χ3v) is 6.50. The van der Waals surface area contributed by atoms with Crippen LogP contribution in [0.5, 0.6) is 5.75 Å². The van der Waals surface area contributed by atoms with Crippen molar-refractivity contribution >= 4 is 34.0 Å². The van der Waals surface area contributed by atoms with Crippen molar-refractivity contribution in [3.63, 3.8) is 0 Å². The van der Waals surface area contributed by atoms with E-state index in [1.165, 1.54) is 15.9 Å². The lowest BCUT2D eigenvalue weighted by atomic mass is 9.78. The van der Waals surface area contributed by atoms with E-state index in [9.17, 15) is 9.90 Å². The van der Waals surface area contributed by atoms with Crippen LogP contribution < -0.4 is 10.1 Å². The number of fused-ring (bicyclic) bond motifs is 1. The smallest absolute Gasteiger partial charge is 0.291 e. The molecule has 0 aliphatic heterocycles. The molecule has 2 aromatic carbocycles. The predicted molar refractivity (Wildman–Crippen MR) is 132 cm³/mol. The third-order valence-electron chi connectivity index (χ3n) is 5.31. The summed E-state index contributed by atoms with van der Waals surface area (Å²) in [7, 11) is 0. The van der Waals surface area contributed by atoms with E-state index in [0.717, 1.165) is 22.3 Å².